The number of nitrogens with two attached hydrogens (primary N) is 1. The standard InChI is InChI=1S/C13H17F2NO/c1-8-10(4-5-16)6-11(14)13(12(8)15)17-7-9-2-3-9/h6,9H,2-5,7,16H2,1H3. The van der Waals surface area contributed by atoms with Crippen LogP contribution < -0.4 is 10.5 Å². The number of hydrogen-bond donors (Lipinski definition) is 1. The van der Waals surface area contributed by atoms with Gasteiger partial charge in [-0.2, -0.15) is 0 Å². The van der Waals surface area contributed by atoms with Gasteiger partial charge in [-0.05, 0) is 55.8 Å². The van der Waals surface area contributed by atoms with Crippen molar-refractivity contribution in [3.05, 3.63) is 28.8 Å². The molecule has 1 aliphatic rings. The van der Waals surface area contributed by atoms with E-state index in [0.29, 0.717) is 36.6 Å². The van der Waals surface area contributed by atoms with Crippen LogP contribution in [0.4, 0.5) is 8.78 Å². The fraction of sp³-hybridized carbons (Fsp3) is 0.538. The van der Waals surface area contributed by atoms with Crippen molar-refractivity contribution in [2.24, 2.45) is 11.7 Å². The predicted molar refractivity (Wildman–Crippen MR) is 62.1 cm³/mol. The molecule has 0 atom stereocenters. The minimum atomic E-state index is -0.628. The fourth-order valence-corrected chi connectivity index (χ4v) is 1.78. The molecule has 0 bridgehead atoms. The van der Waals surface area contributed by atoms with E-state index in [0.717, 1.165) is 12.8 Å². The zero-order valence-corrected chi connectivity index (χ0v) is 9.93. The quantitative estimate of drug-likeness (QED) is 0.859. The lowest BCUT2D eigenvalue weighted by Gasteiger charge is -2.12. The van der Waals surface area contributed by atoms with E-state index in [4.69, 9.17) is 10.5 Å². The molecule has 2 nitrogen and oxygen atoms in total. The van der Waals surface area contributed by atoms with Crippen LogP contribution in [0, 0.1) is 24.5 Å². The van der Waals surface area contributed by atoms with Crippen molar-refractivity contribution in [2.75, 3.05) is 13.2 Å². The molecule has 1 aromatic rings. The molecule has 0 heterocycles. The van der Waals surface area contributed by atoms with Gasteiger partial charge in [0, 0.05) is 0 Å². The first-order valence-electron chi connectivity index (χ1n) is 5.93. The normalized spacial score (nSPS) is 15.1. The first-order valence-corrected chi connectivity index (χ1v) is 5.93. The van der Waals surface area contributed by atoms with E-state index in [1.807, 2.05) is 0 Å². The Morgan fingerprint density at radius 3 is 2.71 bits per heavy atom. The Bertz CT molecular complexity index is 416. The maximum absolute atomic E-state index is 13.9. The number of hydrogen-bond acceptors (Lipinski definition) is 2. The van der Waals surface area contributed by atoms with Gasteiger partial charge in [0.25, 0.3) is 0 Å². The maximum atomic E-state index is 13.9. The third kappa shape index (κ3) is 2.75. The number of rotatable bonds is 5. The largest absolute Gasteiger partial charge is 0.487 e. The Morgan fingerprint density at radius 2 is 2.12 bits per heavy atom. The molecule has 17 heavy (non-hydrogen) atoms. The molecule has 0 spiro atoms. The first-order chi connectivity index (χ1) is 8.13. The molecule has 0 radical (unpaired) electrons. The van der Waals surface area contributed by atoms with Crippen molar-refractivity contribution in [2.45, 2.75) is 26.2 Å². The summed E-state index contributed by atoms with van der Waals surface area (Å²) in [4.78, 5) is 0. The van der Waals surface area contributed by atoms with Crippen LogP contribution in [0.3, 0.4) is 0 Å². The van der Waals surface area contributed by atoms with Crippen LogP contribution in [0.25, 0.3) is 0 Å². The van der Waals surface area contributed by atoms with Gasteiger partial charge >= 0.3 is 0 Å². The van der Waals surface area contributed by atoms with Crippen LogP contribution in [0.15, 0.2) is 6.07 Å². The lowest BCUT2D eigenvalue weighted by atomic mass is 10.0. The minimum absolute atomic E-state index is 0.241. The summed E-state index contributed by atoms with van der Waals surface area (Å²) >= 11 is 0. The van der Waals surface area contributed by atoms with Crippen LogP contribution in [0.5, 0.6) is 5.75 Å². The molecule has 1 aliphatic carbocycles. The number of ether oxygens (including phenoxy) is 1. The van der Waals surface area contributed by atoms with E-state index in [2.05, 4.69) is 0 Å². The molecular formula is C13H17F2NO. The molecular weight excluding hydrogens is 224 g/mol. The van der Waals surface area contributed by atoms with Gasteiger partial charge in [0.05, 0.1) is 6.61 Å². The highest BCUT2D eigenvalue weighted by Gasteiger charge is 2.24. The Labute approximate surface area is 99.8 Å². The van der Waals surface area contributed by atoms with E-state index in [-0.39, 0.29) is 5.75 Å². The van der Waals surface area contributed by atoms with E-state index in [9.17, 15) is 8.78 Å². The monoisotopic (exact) mass is 241 g/mol. The van der Waals surface area contributed by atoms with Crippen LogP contribution >= 0.6 is 0 Å². The number of benzene rings is 1. The Hall–Kier alpha value is -1.16. The van der Waals surface area contributed by atoms with E-state index < -0.39 is 11.6 Å². The first kappa shape index (κ1) is 12.3. The van der Waals surface area contributed by atoms with E-state index in [1.54, 1.807) is 6.92 Å². The Balaban J connectivity index is 2.21. The second-order valence-corrected chi connectivity index (χ2v) is 4.58. The average molecular weight is 241 g/mol. The summed E-state index contributed by atoms with van der Waals surface area (Å²) in [5, 5.41) is 0. The highest BCUT2D eigenvalue weighted by Crippen LogP contribution is 2.32. The third-order valence-corrected chi connectivity index (χ3v) is 3.10. The molecule has 4 heteroatoms. The molecule has 0 unspecified atom stereocenters. The third-order valence-electron chi connectivity index (χ3n) is 3.10. The summed E-state index contributed by atoms with van der Waals surface area (Å²) in [6.07, 6.45) is 2.66. The summed E-state index contributed by atoms with van der Waals surface area (Å²) in [7, 11) is 0. The van der Waals surface area contributed by atoms with Gasteiger partial charge in [-0.15, -0.1) is 0 Å². The highest BCUT2D eigenvalue weighted by atomic mass is 19.1. The molecule has 1 aromatic carbocycles. The van der Waals surface area contributed by atoms with Crippen molar-refractivity contribution in [3.8, 4) is 5.75 Å². The van der Waals surface area contributed by atoms with Crippen LogP contribution in [-0.2, 0) is 6.42 Å². The fourth-order valence-electron chi connectivity index (χ4n) is 1.78. The smallest absolute Gasteiger partial charge is 0.191 e. The number of halogens is 2. The second kappa shape index (κ2) is 5.00. The topological polar surface area (TPSA) is 35.2 Å². The maximum Gasteiger partial charge on any atom is 0.191 e. The average Bonchev–Trinajstić information content (AvgIpc) is 3.10. The van der Waals surface area contributed by atoms with Crippen LogP contribution in [0.1, 0.15) is 24.0 Å². The Kier molecular flexibility index (Phi) is 3.62. The van der Waals surface area contributed by atoms with Gasteiger partial charge in [-0.3, -0.25) is 0 Å². The van der Waals surface area contributed by atoms with Gasteiger partial charge in [-0.1, -0.05) is 0 Å². The van der Waals surface area contributed by atoms with Crippen molar-refractivity contribution >= 4 is 0 Å². The van der Waals surface area contributed by atoms with Crippen LogP contribution in [-0.4, -0.2) is 13.2 Å². The molecule has 0 aliphatic heterocycles. The molecule has 0 amide bonds. The molecule has 1 saturated carbocycles. The SMILES string of the molecule is Cc1c(CCN)cc(F)c(OCC2CC2)c1F. The van der Waals surface area contributed by atoms with E-state index >= 15 is 0 Å². The summed E-state index contributed by atoms with van der Waals surface area (Å²) in [6.45, 7) is 2.41. The van der Waals surface area contributed by atoms with Gasteiger partial charge in [0.1, 0.15) is 0 Å². The summed E-state index contributed by atoms with van der Waals surface area (Å²) in [6, 6.07) is 1.33. The molecule has 0 aromatic heterocycles. The second-order valence-electron chi connectivity index (χ2n) is 4.58. The van der Waals surface area contributed by atoms with Crippen LogP contribution in [0.2, 0.25) is 0 Å². The molecule has 2 N–H and O–H groups in total. The van der Waals surface area contributed by atoms with Crippen molar-refractivity contribution < 1.29 is 13.5 Å². The molecule has 0 saturated heterocycles. The molecule has 1 fully saturated rings. The van der Waals surface area contributed by atoms with Gasteiger partial charge in [0.2, 0.25) is 0 Å². The van der Waals surface area contributed by atoms with Crippen molar-refractivity contribution in [1.29, 1.82) is 0 Å². The summed E-state index contributed by atoms with van der Waals surface area (Å²) in [5.74, 6) is -0.987. The predicted octanol–water partition coefficient (Wildman–Crippen LogP) is 2.56. The van der Waals surface area contributed by atoms with E-state index in [1.165, 1.54) is 6.07 Å². The highest BCUT2D eigenvalue weighted by molar-refractivity contribution is 5.38. The summed E-state index contributed by atoms with van der Waals surface area (Å²) < 4.78 is 32.8. The summed E-state index contributed by atoms with van der Waals surface area (Å²) in [5.41, 5.74) is 6.44. The minimum Gasteiger partial charge on any atom is -0.487 e. The van der Waals surface area contributed by atoms with Gasteiger partial charge in [0.15, 0.2) is 17.4 Å². The zero-order chi connectivity index (χ0) is 12.4. The molecule has 2 rings (SSSR count). The molecule has 94 valence electrons. The van der Waals surface area contributed by atoms with Gasteiger partial charge < -0.3 is 10.5 Å². The van der Waals surface area contributed by atoms with Gasteiger partial charge in [-0.25, -0.2) is 8.78 Å². The van der Waals surface area contributed by atoms with Crippen molar-refractivity contribution in [1.82, 2.24) is 0 Å². The zero-order valence-electron chi connectivity index (χ0n) is 9.93. The lowest BCUT2D eigenvalue weighted by molar-refractivity contribution is 0.269. The van der Waals surface area contributed by atoms with Crippen molar-refractivity contribution in [3.63, 3.8) is 0 Å². The Morgan fingerprint density at radius 1 is 1.41 bits per heavy atom. The lowest BCUT2D eigenvalue weighted by Crippen LogP contribution is -2.09.